The van der Waals surface area contributed by atoms with Crippen molar-refractivity contribution in [2.75, 3.05) is 0 Å². The number of carboxylic acid groups (broad SMARTS) is 2. The van der Waals surface area contributed by atoms with E-state index in [0.717, 1.165) is 11.1 Å². The molecule has 4 nitrogen and oxygen atoms in total. The molecule has 0 spiro atoms. The normalized spacial score (nSPS) is 21.5. The van der Waals surface area contributed by atoms with Crippen LogP contribution in [0, 0.1) is 12.3 Å². The van der Waals surface area contributed by atoms with Gasteiger partial charge in [0.2, 0.25) is 0 Å². The molecule has 0 aromatic heterocycles. The number of rotatable bonds is 3. The highest BCUT2D eigenvalue weighted by molar-refractivity contribution is 6.30. The summed E-state index contributed by atoms with van der Waals surface area (Å²) in [7, 11) is 0. The van der Waals surface area contributed by atoms with Crippen LogP contribution in [0.3, 0.4) is 0 Å². The first-order valence-corrected chi connectivity index (χ1v) is 6.77. The van der Waals surface area contributed by atoms with E-state index in [1.165, 1.54) is 13.0 Å². The average molecular weight is 307 g/mol. The lowest BCUT2D eigenvalue weighted by Gasteiger charge is -2.27. The summed E-state index contributed by atoms with van der Waals surface area (Å²) < 4.78 is 0. The van der Waals surface area contributed by atoms with Crippen molar-refractivity contribution in [2.24, 2.45) is 5.41 Å². The highest BCUT2D eigenvalue weighted by atomic mass is 35.5. The van der Waals surface area contributed by atoms with Gasteiger partial charge in [-0.3, -0.25) is 4.79 Å². The number of aliphatic carboxylic acids is 2. The Hall–Kier alpha value is -2.07. The lowest BCUT2D eigenvalue weighted by Crippen LogP contribution is -2.29. The standard InChI is InChI=1S/C16H15ClO4/c1-9-3-4-12(17)6-13(9)10-5-11(14(18)19)8-16(2,7-10)15(20)21/h3-7H,8H2,1-2H3,(H,18,19)(H,20,21). The average Bonchev–Trinajstić information content (AvgIpc) is 2.40. The molecule has 1 unspecified atom stereocenters. The molecule has 0 saturated heterocycles. The van der Waals surface area contributed by atoms with E-state index in [0.29, 0.717) is 10.6 Å². The predicted octanol–water partition coefficient (Wildman–Crippen LogP) is 3.54. The molecule has 0 amide bonds. The summed E-state index contributed by atoms with van der Waals surface area (Å²) in [5.41, 5.74) is 1.06. The Morgan fingerprint density at radius 1 is 1.29 bits per heavy atom. The Morgan fingerprint density at radius 2 is 1.95 bits per heavy atom. The second-order valence-corrected chi connectivity index (χ2v) is 5.87. The summed E-state index contributed by atoms with van der Waals surface area (Å²) in [6, 6.07) is 5.27. The number of allylic oxidation sites excluding steroid dienone is 2. The number of carbonyl (C=O) groups is 2. The van der Waals surface area contributed by atoms with Gasteiger partial charge in [-0.05, 0) is 55.2 Å². The number of halogens is 1. The van der Waals surface area contributed by atoms with Crippen molar-refractivity contribution in [3.05, 3.63) is 52.1 Å². The molecule has 0 fully saturated rings. The summed E-state index contributed by atoms with van der Waals surface area (Å²) >= 11 is 5.99. The van der Waals surface area contributed by atoms with Crippen molar-refractivity contribution in [1.29, 1.82) is 0 Å². The molecule has 1 atom stereocenters. The van der Waals surface area contributed by atoms with Crippen LogP contribution in [-0.2, 0) is 9.59 Å². The molecule has 2 rings (SSSR count). The molecule has 5 heteroatoms. The molecule has 1 aliphatic carbocycles. The van der Waals surface area contributed by atoms with Crippen LogP contribution in [0.2, 0.25) is 5.02 Å². The molecule has 2 N–H and O–H groups in total. The van der Waals surface area contributed by atoms with Gasteiger partial charge in [-0.25, -0.2) is 4.79 Å². The highest BCUT2D eigenvalue weighted by Crippen LogP contribution is 2.38. The minimum absolute atomic E-state index is 0.0409. The Labute approximate surface area is 127 Å². The van der Waals surface area contributed by atoms with E-state index in [4.69, 9.17) is 11.6 Å². The third-order valence-electron chi connectivity index (χ3n) is 3.64. The quantitative estimate of drug-likeness (QED) is 0.895. The molecule has 1 aromatic rings. The van der Waals surface area contributed by atoms with E-state index in [-0.39, 0.29) is 12.0 Å². The third-order valence-corrected chi connectivity index (χ3v) is 3.87. The fourth-order valence-corrected chi connectivity index (χ4v) is 2.58. The van der Waals surface area contributed by atoms with Crippen LogP contribution in [0.5, 0.6) is 0 Å². The van der Waals surface area contributed by atoms with Crippen LogP contribution < -0.4 is 0 Å². The lowest BCUT2D eigenvalue weighted by molar-refractivity contribution is -0.145. The van der Waals surface area contributed by atoms with Crippen LogP contribution in [0.4, 0.5) is 0 Å². The van der Waals surface area contributed by atoms with E-state index in [2.05, 4.69) is 0 Å². The topological polar surface area (TPSA) is 74.6 Å². The zero-order valence-corrected chi connectivity index (χ0v) is 12.4. The lowest BCUT2D eigenvalue weighted by atomic mass is 9.76. The summed E-state index contributed by atoms with van der Waals surface area (Å²) in [5, 5.41) is 19.1. The van der Waals surface area contributed by atoms with Gasteiger partial charge in [0.05, 0.1) is 5.41 Å². The number of carboxylic acids is 2. The van der Waals surface area contributed by atoms with Gasteiger partial charge in [0.25, 0.3) is 0 Å². The fourth-order valence-electron chi connectivity index (χ4n) is 2.41. The molecular formula is C16H15ClO4. The van der Waals surface area contributed by atoms with E-state index in [9.17, 15) is 19.8 Å². The largest absolute Gasteiger partial charge is 0.481 e. The molecule has 0 saturated carbocycles. The second kappa shape index (κ2) is 5.37. The Bertz CT molecular complexity index is 688. The molecule has 110 valence electrons. The molecule has 0 aliphatic heterocycles. The van der Waals surface area contributed by atoms with Crippen molar-refractivity contribution in [3.63, 3.8) is 0 Å². The molecule has 0 bridgehead atoms. The number of hydrogen-bond acceptors (Lipinski definition) is 2. The highest BCUT2D eigenvalue weighted by Gasteiger charge is 2.36. The van der Waals surface area contributed by atoms with Gasteiger partial charge in [-0.15, -0.1) is 0 Å². The van der Waals surface area contributed by atoms with E-state index >= 15 is 0 Å². The van der Waals surface area contributed by atoms with Crippen LogP contribution in [0.15, 0.2) is 35.9 Å². The zero-order valence-electron chi connectivity index (χ0n) is 11.7. The third kappa shape index (κ3) is 3.00. The minimum Gasteiger partial charge on any atom is -0.481 e. The first-order chi connectivity index (χ1) is 9.73. The van der Waals surface area contributed by atoms with E-state index in [1.807, 2.05) is 13.0 Å². The number of aryl methyl sites for hydroxylation is 1. The second-order valence-electron chi connectivity index (χ2n) is 5.43. The summed E-state index contributed by atoms with van der Waals surface area (Å²) in [4.78, 5) is 22.8. The SMILES string of the molecule is Cc1ccc(Cl)cc1C1=CC(C)(C(=O)O)CC(C(=O)O)=C1. The summed E-state index contributed by atoms with van der Waals surface area (Å²) in [6.07, 6.45) is 3.08. The maximum Gasteiger partial charge on any atom is 0.331 e. The van der Waals surface area contributed by atoms with Gasteiger partial charge in [0.1, 0.15) is 0 Å². The van der Waals surface area contributed by atoms with Crippen molar-refractivity contribution in [1.82, 2.24) is 0 Å². The monoisotopic (exact) mass is 306 g/mol. The molecule has 0 radical (unpaired) electrons. The Morgan fingerprint density at radius 3 is 2.52 bits per heavy atom. The number of hydrogen-bond donors (Lipinski definition) is 2. The van der Waals surface area contributed by atoms with Gasteiger partial charge in [-0.2, -0.15) is 0 Å². The van der Waals surface area contributed by atoms with Crippen LogP contribution in [0.25, 0.3) is 5.57 Å². The van der Waals surface area contributed by atoms with Gasteiger partial charge in [0, 0.05) is 10.6 Å². The molecule has 0 heterocycles. The zero-order chi connectivity index (χ0) is 15.8. The predicted molar refractivity (Wildman–Crippen MR) is 80.2 cm³/mol. The van der Waals surface area contributed by atoms with Crippen LogP contribution in [0.1, 0.15) is 24.5 Å². The summed E-state index contributed by atoms with van der Waals surface area (Å²) in [5.74, 6) is -2.15. The molecule has 21 heavy (non-hydrogen) atoms. The smallest absolute Gasteiger partial charge is 0.331 e. The van der Waals surface area contributed by atoms with Gasteiger partial charge in [-0.1, -0.05) is 23.7 Å². The molecular weight excluding hydrogens is 292 g/mol. The molecule has 1 aliphatic rings. The van der Waals surface area contributed by atoms with E-state index in [1.54, 1.807) is 18.2 Å². The van der Waals surface area contributed by atoms with Crippen molar-refractivity contribution in [2.45, 2.75) is 20.3 Å². The van der Waals surface area contributed by atoms with E-state index < -0.39 is 17.4 Å². The first-order valence-electron chi connectivity index (χ1n) is 6.39. The Kier molecular flexibility index (Phi) is 3.92. The summed E-state index contributed by atoms with van der Waals surface area (Å²) in [6.45, 7) is 3.39. The fraction of sp³-hybridized carbons (Fsp3) is 0.250. The Balaban J connectivity index is 2.63. The van der Waals surface area contributed by atoms with Crippen molar-refractivity contribution >= 4 is 29.1 Å². The first kappa shape index (κ1) is 15.3. The van der Waals surface area contributed by atoms with Crippen LogP contribution >= 0.6 is 11.6 Å². The number of benzene rings is 1. The molecule has 1 aromatic carbocycles. The van der Waals surface area contributed by atoms with Gasteiger partial charge < -0.3 is 10.2 Å². The van der Waals surface area contributed by atoms with Crippen LogP contribution in [-0.4, -0.2) is 22.2 Å². The van der Waals surface area contributed by atoms with Crippen molar-refractivity contribution in [3.8, 4) is 0 Å². The van der Waals surface area contributed by atoms with Crippen molar-refractivity contribution < 1.29 is 19.8 Å². The maximum atomic E-state index is 11.5. The van der Waals surface area contributed by atoms with Gasteiger partial charge in [0.15, 0.2) is 0 Å². The van der Waals surface area contributed by atoms with Gasteiger partial charge >= 0.3 is 11.9 Å². The maximum absolute atomic E-state index is 11.5. The minimum atomic E-state index is -1.24.